The SMILES string of the molecule is COC(=O)C1(NC(=O)c2cc(-c3ccco3)n(-c3ccc(Cl)cc3)n2)CCCC1. The molecule has 0 bridgehead atoms. The van der Waals surface area contributed by atoms with E-state index in [1.54, 1.807) is 53.4 Å². The van der Waals surface area contributed by atoms with E-state index in [1.807, 2.05) is 0 Å². The zero-order chi connectivity index (χ0) is 20.4. The zero-order valence-electron chi connectivity index (χ0n) is 15.9. The van der Waals surface area contributed by atoms with Crippen LogP contribution >= 0.6 is 11.6 Å². The number of halogens is 1. The lowest BCUT2D eigenvalue weighted by molar-refractivity contribution is -0.148. The molecule has 0 aliphatic heterocycles. The van der Waals surface area contributed by atoms with Crippen molar-refractivity contribution >= 4 is 23.5 Å². The number of aromatic nitrogens is 2. The Morgan fingerprint density at radius 3 is 2.55 bits per heavy atom. The third-order valence-electron chi connectivity index (χ3n) is 5.17. The number of carbonyl (C=O) groups is 2. The molecule has 2 heterocycles. The Hall–Kier alpha value is -3.06. The minimum absolute atomic E-state index is 0.182. The van der Waals surface area contributed by atoms with Crippen molar-refractivity contribution in [2.75, 3.05) is 7.11 Å². The Bertz CT molecular complexity index is 1020. The van der Waals surface area contributed by atoms with Crippen molar-refractivity contribution < 1.29 is 18.7 Å². The Morgan fingerprint density at radius 1 is 1.21 bits per heavy atom. The van der Waals surface area contributed by atoms with Gasteiger partial charge in [0.05, 0.1) is 19.1 Å². The Kier molecular flexibility index (Phi) is 5.15. The maximum absolute atomic E-state index is 13.0. The van der Waals surface area contributed by atoms with Gasteiger partial charge < -0.3 is 14.5 Å². The molecule has 4 rings (SSSR count). The van der Waals surface area contributed by atoms with Crippen LogP contribution in [0.15, 0.2) is 53.1 Å². The second kappa shape index (κ2) is 7.75. The Balaban J connectivity index is 1.71. The lowest BCUT2D eigenvalue weighted by atomic mass is 9.97. The summed E-state index contributed by atoms with van der Waals surface area (Å²) in [5.41, 5.74) is 0.520. The molecule has 1 saturated carbocycles. The Morgan fingerprint density at radius 2 is 1.93 bits per heavy atom. The van der Waals surface area contributed by atoms with E-state index in [0.29, 0.717) is 29.3 Å². The van der Waals surface area contributed by atoms with Crippen molar-refractivity contribution in [1.82, 2.24) is 15.1 Å². The molecule has 1 aromatic carbocycles. The highest BCUT2D eigenvalue weighted by Crippen LogP contribution is 2.32. The van der Waals surface area contributed by atoms with Crippen LogP contribution in [0.25, 0.3) is 17.1 Å². The lowest BCUT2D eigenvalue weighted by Gasteiger charge is -2.26. The molecule has 7 nitrogen and oxygen atoms in total. The summed E-state index contributed by atoms with van der Waals surface area (Å²) in [6.45, 7) is 0. The molecule has 0 radical (unpaired) electrons. The second-order valence-electron chi connectivity index (χ2n) is 7.02. The number of benzene rings is 1. The van der Waals surface area contributed by atoms with Crippen molar-refractivity contribution in [2.24, 2.45) is 0 Å². The van der Waals surface area contributed by atoms with E-state index in [2.05, 4.69) is 10.4 Å². The van der Waals surface area contributed by atoms with Crippen LogP contribution < -0.4 is 5.32 Å². The number of amides is 1. The Labute approximate surface area is 172 Å². The summed E-state index contributed by atoms with van der Waals surface area (Å²) in [5, 5.41) is 7.94. The van der Waals surface area contributed by atoms with E-state index in [-0.39, 0.29) is 5.69 Å². The van der Waals surface area contributed by atoms with Gasteiger partial charge in [0.25, 0.3) is 5.91 Å². The molecule has 3 aromatic rings. The molecule has 1 amide bonds. The first kappa shape index (κ1) is 19.3. The number of esters is 1. The van der Waals surface area contributed by atoms with Crippen molar-refractivity contribution in [3.63, 3.8) is 0 Å². The largest absolute Gasteiger partial charge is 0.467 e. The lowest BCUT2D eigenvalue weighted by Crippen LogP contribution is -2.53. The summed E-state index contributed by atoms with van der Waals surface area (Å²) in [6, 6.07) is 12.3. The van der Waals surface area contributed by atoms with E-state index >= 15 is 0 Å². The number of rotatable bonds is 5. The zero-order valence-corrected chi connectivity index (χ0v) is 16.6. The van der Waals surface area contributed by atoms with Gasteiger partial charge in [-0.05, 0) is 49.2 Å². The van der Waals surface area contributed by atoms with Gasteiger partial charge in [0.2, 0.25) is 0 Å². The molecule has 29 heavy (non-hydrogen) atoms. The fourth-order valence-corrected chi connectivity index (χ4v) is 3.83. The minimum Gasteiger partial charge on any atom is -0.467 e. The summed E-state index contributed by atoms with van der Waals surface area (Å²) >= 11 is 5.99. The first-order chi connectivity index (χ1) is 14.0. The molecule has 150 valence electrons. The maximum Gasteiger partial charge on any atom is 0.331 e. The van der Waals surface area contributed by atoms with Gasteiger partial charge in [-0.15, -0.1) is 0 Å². The van der Waals surface area contributed by atoms with E-state index in [4.69, 9.17) is 20.8 Å². The smallest absolute Gasteiger partial charge is 0.331 e. The third-order valence-corrected chi connectivity index (χ3v) is 5.42. The molecule has 2 aromatic heterocycles. The molecule has 1 N–H and O–H groups in total. The van der Waals surface area contributed by atoms with Crippen molar-refractivity contribution in [1.29, 1.82) is 0 Å². The topological polar surface area (TPSA) is 86.4 Å². The number of nitrogens with one attached hydrogen (secondary N) is 1. The summed E-state index contributed by atoms with van der Waals surface area (Å²) < 4.78 is 12.1. The monoisotopic (exact) mass is 413 g/mol. The second-order valence-corrected chi connectivity index (χ2v) is 7.45. The summed E-state index contributed by atoms with van der Waals surface area (Å²) in [6.07, 6.45) is 4.36. The van der Waals surface area contributed by atoms with E-state index < -0.39 is 17.4 Å². The average Bonchev–Trinajstić information content (AvgIpc) is 3.48. The van der Waals surface area contributed by atoms with E-state index in [9.17, 15) is 9.59 Å². The molecular weight excluding hydrogens is 394 g/mol. The molecule has 8 heteroatoms. The molecule has 0 unspecified atom stereocenters. The molecule has 1 aliphatic rings. The quantitative estimate of drug-likeness (QED) is 0.639. The van der Waals surface area contributed by atoms with Gasteiger partial charge in [0.1, 0.15) is 11.2 Å². The molecule has 0 atom stereocenters. The van der Waals surface area contributed by atoms with Gasteiger partial charge in [0, 0.05) is 11.1 Å². The van der Waals surface area contributed by atoms with Crippen LogP contribution in [0.4, 0.5) is 0 Å². The predicted molar refractivity (Wildman–Crippen MR) is 107 cm³/mol. The minimum atomic E-state index is -0.999. The van der Waals surface area contributed by atoms with Crippen molar-refractivity contribution in [3.8, 4) is 17.1 Å². The van der Waals surface area contributed by atoms with Crippen LogP contribution in [0.5, 0.6) is 0 Å². The first-order valence-corrected chi connectivity index (χ1v) is 9.71. The van der Waals surface area contributed by atoms with Gasteiger partial charge in [-0.1, -0.05) is 24.4 Å². The highest BCUT2D eigenvalue weighted by Gasteiger charge is 2.44. The van der Waals surface area contributed by atoms with Gasteiger partial charge in [0.15, 0.2) is 11.5 Å². The fraction of sp³-hybridized carbons (Fsp3) is 0.286. The number of furan rings is 1. The van der Waals surface area contributed by atoms with Crippen molar-refractivity contribution in [2.45, 2.75) is 31.2 Å². The summed E-state index contributed by atoms with van der Waals surface area (Å²) in [4.78, 5) is 25.3. The van der Waals surface area contributed by atoms with Gasteiger partial charge in [-0.25, -0.2) is 9.48 Å². The van der Waals surface area contributed by atoms with Gasteiger partial charge >= 0.3 is 5.97 Å². The first-order valence-electron chi connectivity index (χ1n) is 9.33. The van der Waals surface area contributed by atoms with Crippen LogP contribution in [-0.2, 0) is 9.53 Å². The molecular formula is C21H20ClN3O4. The predicted octanol–water partition coefficient (Wildman–Crippen LogP) is 4.00. The number of carbonyl (C=O) groups excluding carboxylic acids is 2. The van der Waals surface area contributed by atoms with Crippen LogP contribution in [0.1, 0.15) is 36.2 Å². The number of hydrogen-bond donors (Lipinski definition) is 1. The third kappa shape index (κ3) is 3.65. The fourth-order valence-electron chi connectivity index (χ4n) is 3.71. The van der Waals surface area contributed by atoms with Crippen LogP contribution in [0.3, 0.4) is 0 Å². The molecule has 0 saturated heterocycles. The van der Waals surface area contributed by atoms with E-state index in [0.717, 1.165) is 18.5 Å². The van der Waals surface area contributed by atoms with Gasteiger partial charge in [-0.3, -0.25) is 4.79 Å². The van der Waals surface area contributed by atoms with E-state index in [1.165, 1.54) is 7.11 Å². The normalized spacial score (nSPS) is 15.2. The molecule has 0 spiro atoms. The van der Waals surface area contributed by atoms with Crippen LogP contribution in [-0.4, -0.2) is 34.3 Å². The summed E-state index contributed by atoms with van der Waals surface area (Å²) in [7, 11) is 1.33. The van der Waals surface area contributed by atoms with Crippen LogP contribution in [0, 0.1) is 0 Å². The van der Waals surface area contributed by atoms with Gasteiger partial charge in [-0.2, -0.15) is 5.10 Å². The number of hydrogen-bond acceptors (Lipinski definition) is 5. The highest BCUT2D eigenvalue weighted by molar-refractivity contribution is 6.30. The van der Waals surface area contributed by atoms with Crippen molar-refractivity contribution in [3.05, 3.63) is 59.4 Å². The molecule has 1 aliphatic carbocycles. The number of ether oxygens (including phenoxy) is 1. The number of nitrogens with zero attached hydrogens (tertiary/aromatic N) is 2. The summed E-state index contributed by atoms with van der Waals surface area (Å²) in [5.74, 6) is -0.292. The maximum atomic E-state index is 13.0. The molecule has 1 fully saturated rings. The standard InChI is InChI=1S/C21H20ClN3O4/c1-28-20(27)21(10-2-3-11-21)23-19(26)16-13-17(18-5-4-12-29-18)25(24-16)15-8-6-14(22)7-9-15/h4-9,12-13H,2-3,10-11H2,1H3,(H,23,26). The average molecular weight is 414 g/mol. The highest BCUT2D eigenvalue weighted by atomic mass is 35.5. The number of methoxy groups -OCH3 is 1. The van der Waals surface area contributed by atoms with Crippen LogP contribution in [0.2, 0.25) is 5.02 Å².